The van der Waals surface area contributed by atoms with Gasteiger partial charge in [0.15, 0.2) is 0 Å². The van der Waals surface area contributed by atoms with E-state index in [0.717, 1.165) is 22.5 Å². The van der Waals surface area contributed by atoms with Gasteiger partial charge in [0.2, 0.25) is 21.8 Å². The maximum absolute atomic E-state index is 13.3. The highest BCUT2D eigenvalue weighted by Gasteiger charge is 2.29. The van der Waals surface area contributed by atoms with E-state index in [9.17, 15) is 22.4 Å². The molecule has 2 rings (SSSR count). The summed E-state index contributed by atoms with van der Waals surface area (Å²) < 4.78 is 39.2. The number of benzene rings is 2. The third kappa shape index (κ3) is 7.05. The molecule has 2 aromatic carbocycles. The molecule has 32 heavy (non-hydrogen) atoms. The van der Waals surface area contributed by atoms with Crippen molar-refractivity contribution in [3.05, 3.63) is 65.5 Å². The van der Waals surface area contributed by atoms with Crippen LogP contribution in [-0.2, 0) is 26.2 Å². The van der Waals surface area contributed by atoms with Crippen molar-refractivity contribution >= 4 is 27.5 Å². The molecule has 0 heterocycles. The lowest BCUT2D eigenvalue weighted by Gasteiger charge is -2.31. The van der Waals surface area contributed by atoms with Gasteiger partial charge in [0.1, 0.15) is 18.4 Å². The van der Waals surface area contributed by atoms with Crippen LogP contribution in [-0.4, -0.2) is 50.5 Å². The van der Waals surface area contributed by atoms with Crippen LogP contribution in [0.1, 0.15) is 31.4 Å². The minimum Gasteiger partial charge on any atom is -0.354 e. The number of anilines is 1. The number of aryl methyl sites for hydroxylation is 1. The van der Waals surface area contributed by atoms with E-state index in [-0.39, 0.29) is 12.5 Å². The van der Waals surface area contributed by atoms with Gasteiger partial charge in [0.25, 0.3) is 0 Å². The smallest absolute Gasteiger partial charge is 0.244 e. The Hall–Kier alpha value is -2.94. The van der Waals surface area contributed by atoms with Gasteiger partial charge in [-0.25, -0.2) is 12.8 Å². The van der Waals surface area contributed by atoms with Crippen LogP contribution in [0.3, 0.4) is 0 Å². The fourth-order valence-electron chi connectivity index (χ4n) is 3.09. The molecule has 0 bridgehead atoms. The summed E-state index contributed by atoms with van der Waals surface area (Å²) in [6.45, 7) is 5.40. The quantitative estimate of drug-likeness (QED) is 0.587. The van der Waals surface area contributed by atoms with Crippen LogP contribution in [0.25, 0.3) is 0 Å². The first kappa shape index (κ1) is 25.3. The highest BCUT2D eigenvalue weighted by molar-refractivity contribution is 7.92. The van der Waals surface area contributed by atoms with Gasteiger partial charge in [0, 0.05) is 13.1 Å². The molecule has 0 spiro atoms. The zero-order valence-electron chi connectivity index (χ0n) is 18.8. The van der Waals surface area contributed by atoms with Crippen LogP contribution in [0.2, 0.25) is 0 Å². The van der Waals surface area contributed by atoms with Crippen molar-refractivity contribution < 1.29 is 22.4 Å². The van der Waals surface area contributed by atoms with E-state index < -0.39 is 34.3 Å². The molecule has 0 fully saturated rings. The summed E-state index contributed by atoms with van der Waals surface area (Å²) in [5, 5.41) is 2.76. The second-order valence-corrected chi connectivity index (χ2v) is 9.63. The molecule has 0 saturated heterocycles. The minimum atomic E-state index is -3.76. The van der Waals surface area contributed by atoms with Crippen molar-refractivity contribution in [2.24, 2.45) is 0 Å². The topological polar surface area (TPSA) is 86.8 Å². The lowest BCUT2D eigenvalue weighted by molar-refractivity contribution is -0.139. The van der Waals surface area contributed by atoms with Crippen molar-refractivity contribution in [1.82, 2.24) is 10.2 Å². The second-order valence-electron chi connectivity index (χ2n) is 7.72. The molecule has 7 nitrogen and oxygen atoms in total. The number of carbonyl (C=O) groups excluding carboxylic acids is 2. The highest BCUT2D eigenvalue weighted by Crippen LogP contribution is 2.19. The van der Waals surface area contributed by atoms with E-state index in [1.54, 1.807) is 31.2 Å². The second kappa shape index (κ2) is 11.1. The maximum Gasteiger partial charge on any atom is 0.244 e. The van der Waals surface area contributed by atoms with Crippen LogP contribution < -0.4 is 9.62 Å². The third-order valence-corrected chi connectivity index (χ3v) is 6.12. The lowest BCUT2D eigenvalue weighted by atomic mass is 10.1. The van der Waals surface area contributed by atoms with Crippen molar-refractivity contribution in [3.63, 3.8) is 0 Å². The summed E-state index contributed by atoms with van der Waals surface area (Å²) in [4.78, 5) is 27.2. The molecular formula is C23H30FN3O4S. The molecule has 2 amide bonds. The first-order valence-corrected chi connectivity index (χ1v) is 12.2. The van der Waals surface area contributed by atoms with Crippen molar-refractivity contribution in [2.75, 3.05) is 23.7 Å². The van der Waals surface area contributed by atoms with E-state index >= 15 is 0 Å². The Morgan fingerprint density at radius 1 is 1.06 bits per heavy atom. The summed E-state index contributed by atoms with van der Waals surface area (Å²) >= 11 is 0. The van der Waals surface area contributed by atoms with E-state index in [1.165, 1.54) is 29.2 Å². The Bertz CT molecular complexity index is 1020. The van der Waals surface area contributed by atoms with E-state index in [1.807, 2.05) is 13.8 Å². The van der Waals surface area contributed by atoms with E-state index in [2.05, 4.69) is 5.32 Å². The van der Waals surface area contributed by atoms with Crippen LogP contribution in [0.15, 0.2) is 48.5 Å². The van der Waals surface area contributed by atoms with Crippen LogP contribution in [0, 0.1) is 12.7 Å². The number of nitrogens with zero attached hydrogens (tertiary/aromatic N) is 2. The van der Waals surface area contributed by atoms with Crippen molar-refractivity contribution in [2.45, 2.75) is 39.8 Å². The van der Waals surface area contributed by atoms with Crippen LogP contribution >= 0.6 is 0 Å². The largest absolute Gasteiger partial charge is 0.354 e. The van der Waals surface area contributed by atoms with Gasteiger partial charge in [-0.2, -0.15) is 0 Å². The van der Waals surface area contributed by atoms with Crippen molar-refractivity contribution in [3.8, 4) is 0 Å². The van der Waals surface area contributed by atoms with Gasteiger partial charge >= 0.3 is 0 Å². The summed E-state index contributed by atoms with van der Waals surface area (Å²) in [5.74, 6) is -1.30. The molecule has 0 aliphatic carbocycles. The molecule has 2 aromatic rings. The number of hydrogen-bond donors (Lipinski definition) is 1. The highest BCUT2D eigenvalue weighted by atomic mass is 32.2. The summed E-state index contributed by atoms with van der Waals surface area (Å²) in [6, 6.07) is 11.5. The number of halogens is 1. The Balaban J connectivity index is 2.34. The molecule has 1 N–H and O–H groups in total. The summed E-state index contributed by atoms with van der Waals surface area (Å²) in [5.41, 5.74) is 1.93. The van der Waals surface area contributed by atoms with Crippen LogP contribution in [0.5, 0.6) is 0 Å². The SMILES string of the molecule is CCCNC(=O)C(C)N(Cc1ccc(F)cc1)C(=O)CN(c1ccc(C)cc1)S(C)(=O)=O. The monoisotopic (exact) mass is 463 g/mol. The first-order valence-electron chi connectivity index (χ1n) is 10.4. The zero-order chi connectivity index (χ0) is 23.9. The first-order chi connectivity index (χ1) is 15.0. The molecule has 0 aliphatic heterocycles. The fourth-order valence-corrected chi connectivity index (χ4v) is 3.94. The Morgan fingerprint density at radius 3 is 2.19 bits per heavy atom. The van der Waals surface area contributed by atoms with Gasteiger partial charge in [0.05, 0.1) is 11.9 Å². The number of amides is 2. The minimum absolute atomic E-state index is 0.0331. The molecule has 174 valence electrons. The Labute approximate surface area is 189 Å². The van der Waals surface area contributed by atoms with E-state index in [4.69, 9.17) is 0 Å². The molecule has 0 aromatic heterocycles. The van der Waals surface area contributed by atoms with Gasteiger partial charge in [-0.15, -0.1) is 0 Å². The predicted molar refractivity (Wildman–Crippen MR) is 123 cm³/mol. The van der Waals surface area contributed by atoms with Gasteiger partial charge in [-0.05, 0) is 50.1 Å². The van der Waals surface area contributed by atoms with Crippen LogP contribution in [0.4, 0.5) is 10.1 Å². The number of rotatable bonds is 10. The molecule has 1 atom stereocenters. The predicted octanol–water partition coefficient (Wildman–Crippen LogP) is 2.84. The average molecular weight is 464 g/mol. The standard InChI is InChI=1S/C23H30FN3O4S/c1-5-14-25-23(29)18(3)26(15-19-8-10-20(24)11-9-19)22(28)16-27(32(4,30)31)21-12-6-17(2)7-13-21/h6-13,18H,5,14-16H2,1-4H3,(H,25,29). The summed E-state index contributed by atoms with van der Waals surface area (Å²) in [6.07, 6.45) is 1.77. The number of nitrogens with one attached hydrogen (secondary N) is 1. The number of sulfonamides is 1. The maximum atomic E-state index is 13.3. The molecule has 1 unspecified atom stereocenters. The molecule has 0 aliphatic rings. The van der Waals surface area contributed by atoms with Gasteiger partial charge in [-0.1, -0.05) is 36.8 Å². The molecule has 0 radical (unpaired) electrons. The number of carbonyl (C=O) groups is 2. The number of hydrogen-bond acceptors (Lipinski definition) is 4. The molecule has 0 saturated carbocycles. The fraction of sp³-hybridized carbons (Fsp3) is 0.391. The van der Waals surface area contributed by atoms with Gasteiger partial charge in [-0.3, -0.25) is 13.9 Å². The Kier molecular flexibility index (Phi) is 8.77. The molecule has 9 heteroatoms. The van der Waals surface area contributed by atoms with Crippen molar-refractivity contribution in [1.29, 1.82) is 0 Å². The third-order valence-electron chi connectivity index (χ3n) is 4.98. The van der Waals surface area contributed by atoms with E-state index in [0.29, 0.717) is 17.8 Å². The molecular weight excluding hydrogens is 433 g/mol. The lowest BCUT2D eigenvalue weighted by Crippen LogP contribution is -2.51. The summed E-state index contributed by atoms with van der Waals surface area (Å²) in [7, 11) is -3.76. The average Bonchev–Trinajstić information content (AvgIpc) is 2.74. The normalized spacial score (nSPS) is 12.2. The zero-order valence-corrected chi connectivity index (χ0v) is 19.7. The Morgan fingerprint density at radius 2 is 1.66 bits per heavy atom. The van der Waals surface area contributed by atoms with Gasteiger partial charge < -0.3 is 10.2 Å².